The van der Waals surface area contributed by atoms with Crippen LogP contribution < -0.4 is 15.9 Å². The predicted octanol–water partition coefficient (Wildman–Crippen LogP) is 2.76. The maximum Gasteiger partial charge on any atom is 0.275 e. The van der Waals surface area contributed by atoms with Crippen molar-refractivity contribution in [2.45, 2.75) is 13.5 Å². The monoisotopic (exact) mass is 413 g/mol. The summed E-state index contributed by atoms with van der Waals surface area (Å²) >= 11 is 0. The molecule has 31 heavy (non-hydrogen) atoms. The summed E-state index contributed by atoms with van der Waals surface area (Å²) < 4.78 is 8.07. The molecule has 3 heterocycles. The highest BCUT2D eigenvalue weighted by Gasteiger charge is 2.16. The lowest BCUT2D eigenvalue weighted by molar-refractivity contribution is 0.385. The highest BCUT2D eigenvalue weighted by Crippen LogP contribution is 2.26. The number of H-pyrrole nitrogens is 1. The number of nitrogens with zero attached hydrogens (tertiary/aromatic N) is 4. The van der Waals surface area contributed by atoms with E-state index in [1.54, 1.807) is 18.2 Å². The van der Waals surface area contributed by atoms with E-state index in [2.05, 4.69) is 10.2 Å². The second kappa shape index (κ2) is 7.24. The van der Waals surface area contributed by atoms with Gasteiger partial charge < -0.3 is 4.74 Å². The molecule has 5 rings (SSSR count). The number of fused-ring (bicyclic) bond motifs is 2. The van der Waals surface area contributed by atoms with E-state index in [-0.39, 0.29) is 17.7 Å². The molecule has 0 radical (unpaired) electrons. The van der Waals surface area contributed by atoms with Gasteiger partial charge in [-0.3, -0.25) is 14.7 Å². The van der Waals surface area contributed by atoms with Crippen molar-refractivity contribution < 1.29 is 4.74 Å². The molecule has 0 bridgehead atoms. The Morgan fingerprint density at radius 3 is 2.45 bits per heavy atom. The smallest absolute Gasteiger partial charge is 0.275 e. The zero-order valence-electron chi connectivity index (χ0n) is 17.0. The van der Waals surface area contributed by atoms with Crippen LogP contribution >= 0.6 is 0 Å². The lowest BCUT2D eigenvalue weighted by Crippen LogP contribution is -2.26. The van der Waals surface area contributed by atoms with Gasteiger partial charge in [-0.2, -0.15) is 0 Å². The van der Waals surface area contributed by atoms with Crippen LogP contribution in [-0.2, 0) is 6.54 Å². The number of nitrogens with one attached hydrogen (secondary N) is 1. The van der Waals surface area contributed by atoms with E-state index >= 15 is 0 Å². The molecule has 0 atom stereocenters. The molecule has 0 saturated carbocycles. The molecule has 0 saturated heterocycles. The van der Waals surface area contributed by atoms with Gasteiger partial charge in [0.05, 0.1) is 30.1 Å². The molecular formula is C23H19N5O3. The molecule has 3 aromatic heterocycles. The highest BCUT2D eigenvalue weighted by atomic mass is 16.5. The molecule has 0 aliphatic carbocycles. The van der Waals surface area contributed by atoms with Crippen LogP contribution in [0.15, 0.2) is 70.3 Å². The Hall–Kier alpha value is -4.20. The van der Waals surface area contributed by atoms with Gasteiger partial charge in [0, 0.05) is 17.3 Å². The van der Waals surface area contributed by atoms with Crippen LogP contribution in [0.1, 0.15) is 11.4 Å². The maximum atomic E-state index is 13.0. The Bertz CT molecular complexity index is 1550. The summed E-state index contributed by atoms with van der Waals surface area (Å²) in [5.41, 5.74) is 3.04. The average Bonchev–Trinajstić information content (AvgIpc) is 3.13. The zero-order valence-corrected chi connectivity index (χ0v) is 17.0. The van der Waals surface area contributed by atoms with Crippen LogP contribution in [0.2, 0.25) is 0 Å². The third-order valence-electron chi connectivity index (χ3n) is 5.25. The van der Waals surface area contributed by atoms with E-state index in [0.717, 1.165) is 16.8 Å². The molecule has 1 N–H and O–H groups in total. The van der Waals surface area contributed by atoms with Gasteiger partial charge in [-0.1, -0.05) is 42.5 Å². The molecular weight excluding hydrogens is 394 g/mol. The van der Waals surface area contributed by atoms with Crippen molar-refractivity contribution in [3.63, 3.8) is 0 Å². The molecule has 0 unspecified atom stereocenters. The SMILES string of the molecule is COc1nn(Cc2cc(=O)n3[nH]c(C)c(-c4ccccc4)c3n2)c(=O)c2ccccc12. The Balaban J connectivity index is 1.68. The summed E-state index contributed by atoms with van der Waals surface area (Å²) in [6, 6.07) is 18.3. The number of hydrogen-bond donors (Lipinski definition) is 1. The number of hydrogen-bond acceptors (Lipinski definition) is 5. The van der Waals surface area contributed by atoms with Crippen molar-refractivity contribution in [3.05, 3.63) is 92.8 Å². The predicted molar refractivity (Wildman–Crippen MR) is 118 cm³/mol. The molecule has 2 aromatic carbocycles. The second-order valence-electron chi connectivity index (χ2n) is 7.24. The summed E-state index contributed by atoms with van der Waals surface area (Å²) in [7, 11) is 1.51. The quantitative estimate of drug-likeness (QED) is 0.489. The van der Waals surface area contributed by atoms with Gasteiger partial charge in [0.25, 0.3) is 11.1 Å². The van der Waals surface area contributed by atoms with E-state index in [0.29, 0.717) is 28.0 Å². The molecule has 0 amide bonds. The second-order valence-corrected chi connectivity index (χ2v) is 7.24. The average molecular weight is 413 g/mol. The number of rotatable bonds is 4. The number of benzene rings is 2. The third-order valence-corrected chi connectivity index (χ3v) is 5.25. The Morgan fingerprint density at radius 2 is 1.71 bits per heavy atom. The fraction of sp³-hybridized carbons (Fsp3) is 0.130. The standard InChI is InChI=1S/C23H19N5O3/c1-14-20(15-8-4-3-5-9-15)21-24-16(12-19(29)28(21)25-14)13-27-23(30)18-11-7-6-10-17(18)22(26-27)31-2/h3-12,25H,13H2,1-2H3. The molecule has 0 aliphatic heterocycles. The third kappa shape index (κ3) is 3.09. The molecule has 0 aliphatic rings. The molecule has 0 spiro atoms. The highest BCUT2D eigenvalue weighted by molar-refractivity contribution is 5.85. The lowest BCUT2D eigenvalue weighted by atomic mass is 10.1. The van der Waals surface area contributed by atoms with Crippen LogP contribution in [0.5, 0.6) is 5.88 Å². The fourth-order valence-electron chi connectivity index (χ4n) is 3.84. The van der Waals surface area contributed by atoms with Crippen LogP contribution in [0.3, 0.4) is 0 Å². The maximum absolute atomic E-state index is 13.0. The molecule has 0 fully saturated rings. The van der Waals surface area contributed by atoms with Crippen molar-refractivity contribution in [2.75, 3.05) is 7.11 Å². The van der Waals surface area contributed by atoms with Crippen molar-refractivity contribution >= 4 is 16.4 Å². The van der Waals surface area contributed by atoms with Gasteiger partial charge >= 0.3 is 0 Å². The van der Waals surface area contributed by atoms with Crippen LogP contribution in [0, 0.1) is 6.92 Å². The Morgan fingerprint density at radius 1 is 1.00 bits per heavy atom. The van der Waals surface area contributed by atoms with Gasteiger partial charge in [-0.05, 0) is 24.6 Å². The normalized spacial score (nSPS) is 11.3. The van der Waals surface area contributed by atoms with Gasteiger partial charge in [-0.15, -0.1) is 5.10 Å². The van der Waals surface area contributed by atoms with Crippen LogP contribution in [0.4, 0.5) is 0 Å². The Labute approximate surface area is 176 Å². The first-order valence-corrected chi connectivity index (χ1v) is 9.77. The summed E-state index contributed by atoms with van der Waals surface area (Å²) in [6.07, 6.45) is 0. The van der Waals surface area contributed by atoms with E-state index in [1.165, 1.54) is 22.4 Å². The van der Waals surface area contributed by atoms with E-state index < -0.39 is 0 Å². The molecule has 8 nitrogen and oxygen atoms in total. The summed E-state index contributed by atoms with van der Waals surface area (Å²) in [4.78, 5) is 30.4. The van der Waals surface area contributed by atoms with Crippen LogP contribution in [-0.4, -0.2) is 31.5 Å². The van der Waals surface area contributed by atoms with Crippen molar-refractivity contribution in [1.82, 2.24) is 24.4 Å². The molecule has 8 heteroatoms. The fourth-order valence-corrected chi connectivity index (χ4v) is 3.84. The van der Waals surface area contributed by atoms with E-state index in [4.69, 9.17) is 9.72 Å². The number of aromatic amines is 1. The van der Waals surface area contributed by atoms with E-state index in [9.17, 15) is 9.59 Å². The number of aromatic nitrogens is 5. The molecule has 154 valence electrons. The first-order chi connectivity index (χ1) is 15.1. The van der Waals surface area contributed by atoms with Crippen LogP contribution in [0.25, 0.3) is 27.5 Å². The van der Waals surface area contributed by atoms with E-state index in [1.807, 2.05) is 43.3 Å². The molecule has 5 aromatic rings. The topological polar surface area (TPSA) is 94.3 Å². The van der Waals surface area contributed by atoms with Gasteiger partial charge in [0.2, 0.25) is 5.88 Å². The summed E-state index contributed by atoms with van der Waals surface area (Å²) in [5, 5.41) is 8.55. The number of methoxy groups -OCH3 is 1. The number of ether oxygens (including phenoxy) is 1. The minimum absolute atomic E-state index is 0.0459. The minimum Gasteiger partial charge on any atom is -0.480 e. The van der Waals surface area contributed by atoms with Gasteiger partial charge in [0.1, 0.15) is 0 Å². The minimum atomic E-state index is -0.271. The first-order valence-electron chi connectivity index (χ1n) is 9.77. The largest absolute Gasteiger partial charge is 0.480 e. The van der Waals surface area contributed by atoms with Crippen molar-refractivity contribution in [1.29, 1.82) is 0 Å². The summed E-state index contributed by atoms with van der Waals surface area (Å²) in [5.74, 6) is 0.343. The van der Waals surface area contributed by atoms with Gasteiger partial charge in [-0.25, -0.2) is 14.2 Å². The summed E-state index contributed by atoms with van der Waals surface area (Å²) in [6.45, 7) is 1.95. The van der Waals surface area contributed by atoms with Gasteiger partial charge in [0.15, 0.2) is 5.65 Å². The number of aryl methyl sites for hydroxylation is 1. The Kier molecular flexibility index (Phi) is 4.39. The first kappa shape index (κ1) is 18.8. The lowest BCUT2D eigenvalue weighted by Gasteiger charge is -2.10. The van der Waals surface area contributed by atoms with Crippen molar-refractivity contribution in [3.8, 4) is 17.0 Å². The van der Waals surface area contributed by atoms with Crippen molar-refractivity contribution in [2.24, 2.45) is 0 Å². The zero-order chi connectivity index (χ0) is 21.5.